The van der Waals surface area contributed by atoms with Crippen molar-refractivity contribution in [3.05, 3.63) is 41.5 Å². The maximum atomic E-state index is 12.0. The fourth-order valence-electron chi connectivity index (χ4n) is 4.45. The van der Waals surface area contributed by atoms with Crippen molar-refractivity contribution in [2.45, 2.75) is 63.8 Å². The zero-order valence-electron chi connectivity index (χ0n) is 18.3. The molecular weight excluding hydrogens is 378 g/mol. The first kappa shape index (κ1) is 22.4. The largest absolute Gasteiger partial charge is 0.489 e. The third kappa shape index (κ3) is 4.71. The van der Waals surface area contributed by atoms with E-state index in [0.29, 0.717) is 25.7 Å². The van der Waals surface area contributed by atoms with Crippen molar-refractivity contribution in [2.24, 2.45) is 11.8 Å². The van der Waals surface area contributed by atoms with Crippen LogP contribution in [0.15, 0.2) is 30.4 Å². The molecule has 1 amide bonds. The summed E-state index contributed by atoms with van der Waals surface area (Å²) < 4.78 is 6.26. The first-order valence-corrected chi connectivity index (χ1v) is 10.8. The molecule has 2 aliphatic rings. The molecule has 1 heterocycles. The molecule has 2 N–H and O–H groups in total. The van der Waals surface area contributed by atoms with Crippen LogP contribution in [0.3, 0.4) is 0 Å². The lowest BCUT2D eigenvalue weighted by Crippen LogP contribution is -2.22. The smallest absolute Gasteiger partial charge is 0.222 e. The molecule has 1 aliphatic heterocycles. The van der Waals surface area contributed by atoms with E-state index in [9.17, 15) is 15.0 Å². The molecule has 1 aromatic carbocycles. The first-order chi connectivity index (χ1) is 14.3. The Hall–Kier alpha value is -2.29. The Bertz CT molecular complexity index is 850. The molecule has 0 aromatic heterocycles. The lowest BCUT2D eigenvalue weighted by Gasteiger charge is -2.19. The van der Waals surface area contributed by atoms with Crippen LogP contribution in [-0.2, 0) is 11.2 Å². The number of amides is 1. The second-order valence-electron chi connectivity index (χ2n) is 8.67. The van der Waals surface area contributed by atoms with Crippen LogP contribution in [0.1, 0.15) is 50.2 Å². The van der Waals surface area contributed by atoms with Crippen LogP contribution in [0.2, 0.25) is 0 Å². The molecule has 1 aromatic rings. The van der Waals surface area contributed by atoms with Crippen molar-refractivity contribution in [3.8, 4) is 17.6 Å². The van der Waals surface area contributed by atoms with E-state index in [1.165, 1.54) is 0 Å². The van der Waals surface area contributed by atoms with Gasteiger partial charge in [0.1, 0.15) is 11.9 Å². The summed E-state index contributed by atoms with van der Waals surface area (Å²) in [7, 11) is 3.53. The van der Waals surface area contributed by atoms with E-state index in [0.717, 1.165) is 16.9 Å². The zero-order chi connectivity index (χ0) is 21.8. The van der Waals surface area contributed by atoms with Crippen molar-refractivity contribution in [3.63, 3.8) is 0 Å². The number of nitrogens with zero attached hydrogens (tertiary/aromatic N) is 1. The third-order valence-electron chi connectivity index (χ3n) is 6.31. The first-order valence-electron chi connectivity index (χ1n) is 10.8. The average Bonchev–Trinajstić information content (AvgIpc) is 3.23. The summed E-state index contributed by atoms with van der Waals surface area (Å²) in [5, 5.41) is 21.1. The van der Waals surface area contributed by atoms with Crippen LogP contribution in [0.25, 0.3) is 0 Å². The molecule has 1 aliphatic carbocycles. The number of aliphatic hydroxyl groups excluding tert-OH is 2. The summed E-state index contributed by atoms with van der Waals surface area (Å²) in [5.41, 5.74) is 2.14. The molecule has 0 radical (unpaired) electrons. The summed E-state index contributed by atoms with van der Waals surface area (Å²) in [4.78, 5) is 13.6. The monoisotopic (exact) mass is 411 g/mol. The van der Waals surface area contributed by atoms with Gasteiger partial charge in [-0.1, -0.05) is 37.3 Å². The van der Waals surface area contributed by atoms with Gasteiger partial charge in [-0.15, -0.1) is 11.8 Å². The van der Waals surface area contributed by atoms with Crippen LogP contribution in [-0.4, -0.2) is 53.4 Å². The predicted octanol–water partition coefficient (Wildman–Crippen LogP) is 2.90. The summed E-state index contributed by atoms with van der Waals surface area (Å²) in [6, 6.07) is 6.09. The highest BCUT2D eigenvalue weighted by Crippen LogP contribution is 2.52. The molecule has 30 heavy (non-hydrogen) atoms. The van der Waals surface area contributed by atoms with Crippen molar-refractivity contribution >= 4 is 5.91 Å². The van der Waals surface area contributed by atoms with Gasteiger partial charge in [0.15, 0.2) is 0 Å². The van der Waals surface area contributed by atoms with Gasteiger partial charge in [0.25, 0.3) is 0 Å². The molecule has 0 unspecified atom stereocenters. The number of para-hydroxylation sites is 1. The van der Waals surface area contributed by atoms with E-state index in [4.69, 9.17) is 4.74 Å². The number of ether oxygens (including phenoxy) is 1. The van der Waals surface area contributed by atoms with Crippen molar-refractivity contribution in [1.82, 2.24) is 4.90 Å². The predicted molar refractivity (Wildman–Crippen MR) is 117 cm³/mol. The average molecular weight is 412 g/mol. The number of hydrogen-bond acceptors (Lipinski definition) is 4. The quantitative estimate of drug-likeness (QED) is 0.535. The molecule has 5 nitrogen and oxygen atoms in total. The standard InChI is InChI=1S/C25H33NO4/c1-5-6-8-16(2)20(27)13-12-18-21(28)15-22-24(18)19-10-7-9-17(25(19)30-22)11-14-23(29)26(3)4/h7,9-10,12-13,16,18,20-22,24,27-28H,8,11,14-15H2,1-4H3/t16-,18+,20-,21-,22+,24+/m1/s1. The summed E-state index contributed by atoms with van der Waals surface area (Å²) in [6.45, 7) is 3.77. The van der Waals surface area contributed by atoms with Crippen molar-refractivity contribution < 1.29 is 19.7 Å². The summed E-state index contributed by atoms with van der Waals surface area (Å²) in [5.74, 6) is 6.84. The number of carbonyl (C=O) groups is 1. The molecule has 0 spiro atoms. The maximum absolute atomic E-state index is 12.0. The Labute approximate surface area is 179 Å². The zero-order valence-corrected chi connectivity index (χ0v) is 18.3. The minimum absolute atomic E-state index is 0.0380. The molecular formula is C25H33NO4. The molecule has 5 heteroatoms. The van der Waals surface area contributed by atoms with Gasteiger partial charge >= 0.3 is 0 Å². The third-order valence-corrected chi connectivity index (χ3v) is 6.31. The fraction of sp³-hybridized carbons (Fsp3) is 0.560. The second-order valence-corrected chi connectivity index (χ2v) is 8.67. The summed E-state index contributed by atoms with van der Waals surface area (Å²) in [6.07, 6.45) is 4.88. The number of aliphatic hydroxyl groups is 2. The van der Waals surface area contributed by atoms with Gasteiger partial charge in [0.2, 0.25) is 5.91 Å². The van der Waals surface area contributed by atoms with Crippen molar-refractivity contribution in [1.29, 1.82) is 0 Å². The maximum Gasteiger partial charge on any atom is 0.222 e. The Morgan fingerprint density at radius 2 is 2.17 bits per heavy atom. The highest BCUT2D eigenvalue weighted by molar-refractivity contribution is 5.76. The molecule has 1 fully saturated rings. The molecule has 0 saturated heterocycles. The number of hydrogen-bond donors (Lipinski definition) is 2. The Morgan fingerprint density at radius 3 is 2.87 bits per heavy atom. The Kier molecular flexibility index (Phi) is 7.23. The van der Waals surface area contributed by atoms with Gasteiger partial charge in [0.05, 0.1) is 12.2 Å². The summed E-state index contributed by atoms with van der Waals surface area (Å²) >= 11 is 0. The van der Waals surface area contributed by atoms with Gasteiger partial charge in [-0.25, -0.2) is 0 Å². The Balaban J connectivity index is 1.76. The van der Waals surface area contributed by atoms with E-state index >= 15 is 0 Å². The molecule has 1 saturated carbocycles. The second kappa shape index (κ2) is 9.68. The number of aryl methyl sites for hydroxylation is 1. The van der Waals surface area contributed by atoms with E-state index in [2.05, 4.69) is 17.9 Å². The minimum Gasteiger partial charge on any atom is -0.489 e. The Morgan fingerprint density at radius 1 is 1.40 bits per heavy atom. The van der Waals surface area contributed by atoms with Gasteiger partial charge < -0.3 is 19.8 Å². The normalized spacial score (nSPS) is 26.3. The lowest BCUT2D eigenvalue weighted by molar-refractivity contribution is -0.128. The highest BCUT2D eigenvalue weighted by Gasteiger charge is 2.48. The molecule has 3 rings (SSSR count). The fourth-order valence-corrected chi connectivity index (χ4v) is 4.45. The number of rotatable bonds is 7. The van der Waals surface area contributed by atoms with Crippen LogP contribution >= 0.6 is 0 Å². The minimum atomic E-state index is -0.595. The van der Waals surface area contributed by atoms with Gasteiger partial charge in [-0.05, 0) is 24.8 Å². The lowest BCUT2D eigenvalue weighted by atomic mass is 9.86. The van der Waals surface area contributed by atoms with Gasteiger partial charge in [-0.2, -0.15) is 0 Å². The van der Waals surface area contributed by atoms with Crippen molar-refractivity contribution in [2.75, 3.05) is 14.1 Å². The number of benzene rings is 1. The SMILES string of the molecule is CC#CC[C@@H](C)[C@H](O)C=C[C@@H]1[C@H]2c3cccc(CCC(=O)N(C)C)c3O[C@H]2C[C@H]1O. The van der Waals surface area contributed by atoms with Crippen LogP contribution in [0.5, 0.6) is 5.75 Å². The number of fused-ring (bicyclic) bond motifs is 3. The van der Waals surface area contributed by atoms with Crippen LogP contribution in [0, 0.1) is 23.7 Å². The van der Waals surface area contributed by atoms with Crippen LogP contribution < -0.4 is 4.74 Å². The highest BCUT2D eigenvalue weighted by atomic mass is 16.5. The molecule has 6 atom stereocenters. The topological polar surface area (TPSA) is 70.0 Å². The van der Waals surface area contributed by atoms with Crippen LogP contribution in [0.4, 0.5) is 0 Å². The van der Waals surface area contributed by atoms with Gasteiger partial charge in [0, 0.05) is 50.8 Å². The van der Waals surface area contributed by atoms with E-state index in [-0.39, 0.29) is 29.8 Å². The molecule has 162 valence electrons. The van der Waals surface area contributed by atoms with E-state index in [1.54, 1.807) is 32.0 Å². The van der Waals surface area contributed by atoms with E-state index < -0.39 is 12.2 Å². The van der Waals surface area contributed by atoms with E-state index in [1.807, 2.05) is 25.1 Å². The molecule has 0 bridgehead atoms. The van der Waals surface area contributed by atoms with Gasteiger partial charge in [-0.3, -0.25) is 4.79 Å². The number of carbonyl (C=O) groups excluding carboxylic acids is 1.